The average Bonchev–Trinajstić information content (AvgIpc) is 2.99. The molecular weight excluding hydrogens is 338 g/mol. The summed E-state index contributed by atoms with van der Waals surface area (Å²) in [5.74, 6) is 0.848. The number of hydrogen-bond donors (Lipinski definition) is 0. The van der Waals surface area contributed by atoms with E-state index in [1.54, 1.807) is 43.3 Å². The van der Waals surface area contributed by atoms with Gasteiger partial charge >= 0.3 is 0 Å². The first-order valence-electron chi connectivity index (χ1n) is 8.19. The monoisotopic (exact) mass is 359 g/mol. The Morgan fingerprint density at radius 1 is 1.20 bits per heavy atom. The van der Waals surface area contributed by atoms with Crippen LogP contribution >= 0.6 is 0 Å². The predicted molar refractivity (Wildman–Crippen MR) is 96.5 cm³/mol. The molecule has 0 amide bonds. The third-order valence-corrected chi connectivity index (χ3v) is 5.78. The van der Waals surface area contributed by atoms with Gasteiger partial charge in [-0.2, -0.15) is 8.42 Å². The lowest BCUT2D eigenvalue weighted by atomic mass is 10.0. The molecule has 6 nitrogen and oxygen atoms in total. The molecule has 0 N–H and O–H groups in total. The molecule has 0 radical (unpaired) electrons. The number of para-hydroxylation sites is 1. The molecule has 132 valence electrons. The summed E-state index contributed by atoms with van der Waals surface area (Å²) in [4.78, 5) is 0.218. The summed E-state index contributed by atoms with van der Waals surface area (Å²) < 4.78 is 33.1. The summed E-state index contributed by atoms with van der Waals surface area (Å²) in [7, 11) is -3.85. The normalized spacial score (nSPS) is 12.0. The number of nitrogens with zero attached hydrogens (tertiary/aromatic N) is 3. The van der Waals surface area contributed by atoms with Crippen LogP contribution in [0.1, 0.15) is 37.8 Å². The zero-order valence-corrected chi connectivity index (χ0v) is 15.5. The molecule has 25 heavy (non-hydrogen) atoms. The van der Waals surface area contributed by atoms with E-state index < -0.39 is 10.0 Å². The Hall–Kier alpha value is -2.41. The van der Waals surface area contributed by atoms with Gasteiger partial charge in [-0.1, -0.05) is 31.2 Å². The van der Waals surface area contributed by atoms with E-state index in [1.807, 2.05) is 20.8 Å². The van der Waals surface area contributed by atoms with Crippen LogP contribution in [0, 0.1) is 6.92 Å². The first-order chi connectivity index (χ1) is 11.9. The molecule has 0 aliphatic carbocycles. The van der Waals surface area contributed by atoms with Crippen molar-refractivity contribution in [3.05, 3.63) is 47.5 Å². The van der Waals surface area contributed by atoms with E-state index in [0.717, 1.165) is 15.4 Å². The molecule has 3 rings (SSSR count). The van der Waals surface area contributed by atoms with Gasteiger partial charge in [-0.3, -0.25) is 0 Å². The highest BCUT2D eigenvalue weighted by Crippen LogP contribution is 2.33. The van der Waals surface area contributed by atoms with E-state index in [9.17, 15) is 8.42 Å². The molecule has 1 heterocycles. The summed E-state index contributed by atoms with van der Waals surface area (Å²) in [6, 6.07) is 10.5. The molecule has 0 spiro atoms. The van der Waals surface area contributed by atoms with Crippen LogP contribution in [-0.2, 0) is 10.0 Å². The minimum absolute atomic E-state index is 0.128. The number of fused-ring (bicyclic) bond motifs is 1. The van der Waals surface area contributed by atoms with Crippen molar-refractivity contribution >= 4 is 21.1 Å². The maximum atomic E-state index is 13.2. The van der Waals surface area contributed by atoms with Crippen molar-refractivity contribution in [2.75, 3.05) is 6.61 Å². The molecule has 2 aromatic carbocycles. The van der Waals surface area contributed by atoms with Crippen molar-refractivity contribution < 1.29 is 13.2 Å². The maximum Gasteiger partial charge on any atom is 0.285 e. The summed E-state index contributed by atoms with van der Waals surface area (Å²) in [5, 5.41) is 7.82. The van der Waals surface area contributed by atoms with Gasteiger partial charge in [-0.15, -0.1) is 9.19 Å². The van der Waals surface area contributed by atoms with E-state index >= 15 is 0 Å². The van der Waals surface area contributed by atoms with Crippen LogP contribution in [0.5, 0.6) is 5.75 Å². The van der Waals surface area contributed by atoms with Crippen LogP contribution in [0.15, 0.2) is 41.3 Å². The summed E-state index contributed by atoms with van der Waals surface area (Å²) in [5.41, 5.74) is 2.48. The number of aryl methyl sites for hydroxylation is 1. The Morgan fingerprint density at radius 2 is 1.92 bits per heavy atom. The zero-order chi connectivity index (χ0) is 18.2. The van der Waals surface area contributed by atoms with E-state index in [-0.39, 0.29) is 10.8 Å². The number of hydrogen-bond acceptors (Lipinski definition) is 5. The molecule has 0 bridgehead atoms. The number of benzene rings is 2. The van der Waals surface area contributed by atoms with Gasteiger partial charge in [0.2, 0.25) is 0 Å². The fourth-order valence-corrected chi connectivity index (χ4v) is 4.28. The van der Waals surface area contributed by atoms with Crippen LogP contribution < -0.4 is 4.74 Å². The number of ether oxygens (including phenoxy) is 1. The van der Waals surface area contributed by atoms with E-state index in [4.69, 9.17) is 4.74 Å². The van der Waals surface area contributed by atoms with Crippen molar-refractivity contribution in [1.29, 1.82) is 0 Å². The highest BCUT2D eigenvalue weighted by atomic mass is 32.2. The topological polar surface area (TPSA) is 74.1 Å². The molecule has 1 aromatic heterocycles. The van der Waals surface area contributed by atoms with Crippen LogP contribution in [0.3, 0.4) is 0 Å². The molecule has 3 aromatic rings. The zero-order valence-electron chi connectivity index (χ0n) is 14.7. The Labute approximate surface area is 147 Å². The van der Waals surface area contributed by atoms with Gasteiger partial charge in [0.05, 0.1) is 11.5 Å². The first-order valence-corrected chi connectivity index (χ1v) is 9.63. The Morgan fingerprint density at radius 3 is 2.60 bits per heavy atom. The molecule has 0 aliphatic heterocycles. The Kier molecular flexibility index (Phi) is 4.51. The van der Waals surface area contributed by atoms with E-state index in [2.05, 4.69) is 10.3 Å². The molecule has 0 unspecified atom stereocenters. The molecule has 0 aliphatic rings. The smallest absolute Gasteiger partial charge is 0.285 e. The minimum Gasteiger partial charge on any atom is -0.494 e. The van der Waals surface area contributed by atoms with Gasteiger partial charge in [0.25, 0.3) is 10.0 Å². The molecule has 0 atom stereocenters. The van der Waals surface area contributed by atoms with Crippen molar-refractivity contribution in [2.45, 2.75) is 38.5 Å². The SMILES string of the molecule is CCOc1cc(C)c(S(=O)(=O)n2nnc3ccccc32)cc1C(C)C. The Balaban J connectivity index is 2.22. The average molecular weight is 359 g/mol. The molecule has 7 heteroatoms. The third-order valence-electron chi connectivity index (χ3n) is 4.06. The standard InChI is InChI=1S/C18H21N3O3S/c1-5-24-17-10-13(4)18(11-14(17)12(2)3)25(22,23)21-16-9-7-6-8-15(16)19-20-21/h6-12H,5H2,1-4H3. The number of aromatic nitrogens is 3. The van der Waals surface area contributed by atoms with Crippen molar-refractivity contribution in [3.8, 4) is 5.75 Å². The second kappa shape index (κ2) is 6.48. The van der Waals surface area contributed by atoms with Gasteiger partial charge in [-0.25, -0.2) is 0 Å². The quantitative estimate of drug-likeness (QED) is 0.697. The summed E-state index contributed by atoms with van der Waals surface area (Å²) >= 11 is 0. The first kappa shape index (κ1) is 17.4. The summed E-state index contributed by atoms with van der Waals surface area (Å²) in [6.45, 7) is 8.21. The van der Waals surface area contributed by atoms with Gasteiger partial charge in [-0.05, 0) is 55.2 Å². The molecule has 0 saturated carbocycles. The lowest BCUT2D eigenvalue weighted by Crippen LogP contribution is -2.16. The van der Waals surface area contributed by atoms with Crippen LogP contribution in [0.4, 0.5) is 0 Å². The van der Waals surface area contributed by atoms with Gasteiger partial charge in [0, 0.05) is 0 Å². The number of rotatable bonds is 5. The minimum atomic E-state index is -3.85. The van der Waals surface area contributed by atoms with E-state index in [1.165, 1.54) is 0 Å². The second-order valence-corrected chi connectivity index (χ2v) is 7.91. The highest BCUT2D eigenvalue weighted by molar-refractivity contribution is 7.90. The van der Waals surface area contributed by atoms with Crippen molar-refractivity contribution in [3.63, 3.8) is 0 Å². The van der Waals surface area contributed by atoms with Gasteiger partial charge < -0.3 is 4.74 Å². The molecule has 0 fully saturated rings. The largest absolute Gasteiger partial charge is 0.494 e. The molecular formula is C18H21N3O3S. The predicted octanol–water partition coefficient (Wildman–Crippen LogP) is 3.50. The molecule has 0 saturated heterocycles. The summed E-state index contributed by atoms with van der Waals surface area (Å²) in [6.07, 6.45) is 0. The van der Waals surface area contributed by atoms with Crippen LogP contribution in [0.2, 0.25) is 0 Å². The fraction of sp³-hybridized carbons (Fsp3) is 0.333. The lowest BCUT2D eigenvalue weighted by Gasteiger charge is -2.17. The van der Waals surface area contributed by atoms with Crippen molar-refractivity contribution in [2.24, 2.45) is 0 Å². The van der Waals surface area contributed by atoms with E-state index in [0.29, 0.717) is 23.2 Å². The fourth-order valence-electron chi connectivity index (χ4n) is 2.81. The van der Waals surface area contributed by atoms with Crippen molar-refractivity contribution in [1.82, 2.24) is 14.4 Å². The van der Waals surface area contributed by atoms with Gasteiger partial charge in [0.15, 0.2) is 0 Å². The highest BCUT2D eigenvalue weighted by Gasteiger charge is 2.25. The lowest BCUT2D eigenvalue weighted by molar-refractivity contribution is 0.334. The van der Waals surface area contributed by atoms with Gasteiger partial charge in [0.1, 0.15) is 16.8 Å². The second-order valence-electron chi connectivity index (χ2n) is 6.17. The van der Waals surface area contributed by atoms with Crippen LogP contribution in [0.25, 0.3) is 11.0 Å². The Bertz CT molecular complexity index is 1020. The third kappa shape index (κ3) is 3.00. The van der Waals surface area contributed by atoms with Crippen LogP contribution in [-0.4, -0.2) is 29.4 Å². The maximum absolute atomic E-state index is 13.2.